The summed E-state index contributed by atoms with van der Waals surface area (Å²) < 4.78 is 10.0. The second-order valence-corrected chi connectivity index (χ2v) is 4.49. The average molecular weight is 265 g/mol. The van der Waals surface area contributed by atoms with Crippen LogP contribution in [0.5, 0.6) is 5.75 Å². The van der Waals surface area contributed by atoms with Gasteiger partial charge in [0.15, 0.2) is 6.10 Å². The highest BCUT2D eigenvalue weighted by Crippen LogP contribution is 2.16. The molecule has 0 aliphatic carbocycles. The summed E-state index contributed by atoms with van der Waals surface area (Å²) in [7, 11) is 1.57. The molecule has 0 saturated carbocycles. The third-order valence-corrected chi connectivity index (χ3v) is 2.51. The monoisotopic (exact) mass is 265 g/mol. The van der Waals surface area contributed by atoms with Crippen molar-refractivity contribution in [1.29, 1.82) is 0 Å². The standard InChI is InChI=1S/C14H19NO4/c1-9(2)13(19-10(3)16)14(17)15-11-5-7-12(18-4)8-6-11/h5-9,13H,1-4H3,(H,15,17). The van der Waals surface area contributed by atoms with E-state index in [-0.39, 0.29) is 11.8 Å². The van der Waals surface area contributed by atoms with Crippen molar-refractivity contribution in [3.8, 4) is 5.75 Å². The minimum atomic E-state index is -0.792. The first-order valence-electron chi connectivity index (χ1n) is 6.06. The predicted molar refractivity (Wildman–Crippen MR) is 72.0 cm³/mol. The minimum Gasteiger partial charge on any atom is -0.497 e. The summed E-state index contributed by atoms with van der Waals surface area (Å²) in [6.45, 7) is 4.93. The molecule has 0 aliphatic heterocycles. The summed E-state index contributed by atoms with van der Waals surface area (Å²) in [4.78, 5) is 23.0. The Morgan fingerprint density at radius 2 is 1.74 bits per heavy atom. The van der Waals surface area contributed by atoms with E-state index in [1.165, 1.54) is 6.92 Å². The van der Waals surface area contributed by atoms with Gasteiger partial charge in [-0.2, -0.15) is 0 Å². The summed E-state index contributed by atoms with van der Waals surface area (Å²) in [6.07, 6.45) is -0.792. The van der Waals surface area contributed by atoms with Crippen molar-refractivity contribution in [2.24, 2.45) is 5.92 Å². The van der Waals surface area contributed by atoms with E-state index < -0.39 is 12.1 Å². The van der Waals surface area contributed by atoms with E-state index in [9.17, 15) is 9.59 Å². The number of carbonyl (C=O) groups excluding carboxylic acids is 2. The van der Waals surface area contributed by atoms with E-state index >= 15 is 0 Å². The normalized spacial score (nSPS) is 11.8. The number of methoxy groups -OCH3 is 1. The molecule has 5 heteroatoms. The molecular weight excluding hydrogens is 246 g/mol. The highest BCUT2D eigenvalue weighted by molar-refractivity contribution is 5.95. The molecule has 5 nitrogen and oxygen atoms in total. The summed E-state index contributed by atoms with van der Waals surface area (Å²) in [5, 5.41) is 2.71. The number of amides is 1. The van der Waals surface area contributed by atoms with Gasteiger partial charge in [0.1, 0.15) is 5.75 Å². The number of anilines is 1. The Labute approximate surface area is 112 Å². The molecule has 0 heterocycles. The Hall–Kier alpha value is -2.04. The number of ether oxygens (including phenoxy) is 2. The molecule has 19 heavy (non-hydrogen) atoms. The predicted octanol–water partition coefficient (Wildman–Crippen LogP) is 2.22. The fraction of sp³-hybridized carbons (Fsp3) is 0.429. The minimum absolute atomic E-state index is 0.0952. The first-order chi connectivity index (χ1) is 8.93. The van der Waals surface area contributed by atoms with Crippen LogP contribution in [0.3, 0.4) is 0 Å². The largest absolute Gasteiger partial charge is 0.497 e. The fourth-order valence-corrected chi connectivity index (χ4v) is 1.56. The molecule has 1 atom stereocenters. The Bertz CT molecular complexity index is 439. The van der Waals surface area contributed by atoms with Crippen LogP contribution < -0.4 is 10.1 Å². The molecule has 104 valence electrons. The van der Waals surface area contributed by atoms with Crippen molar-refractivity contribution in [1.82, 2.24) is 0 Å². The molecule has 1 aromatic rings. The Balaban J connectivity index is 2.72. The van der Waals surface area contributed by atoms with Gasteiger partial charge in [-0.1, -0.05) is 13.8 Å². The highest BCUT2D eigenvalue weighted by atomic mass is 16.5. The number of benzene rings is 1. The number of nitrogens with one attached hydrogen (secondary N) is 1. The second kappa shape index (κ2) is 6.78. The summed E-state index contributed by atoms with van der Waals surface area (Å²) >= 11 is 0. The van der Waals surface area contributed by atoms with Gasteiger partial charge in [-0.15, -0.1) is 0 Å². The van der Waals surface area contributed by atoms with Crippen LogP contribution in [0.2, 0.25) is 0 Å². The smallest absolute Gasteiger partial charge is 0.303 e. The van der Waals surface area contributed by atoms with E-state index in [0.29, 0.717) is 11.4 Å². The van der Waals surface area contributed by atoms with Crippen LogP contribution in [0.1, 0.15) is 20.8 Å². The molecule has 1 N–H and O–H groups in total. The van der Waals surface area contributed by atoms with Gasteiger partial charge in [0, 0.05) is 12.6 Å². The molecule has 1 rings (SSSR count). The van der Waals surface area contributed by atoms with Crippen LogP contribution >= 0.6 is 0 Å². The number of hydrogen-bond acceptors (Lipinski definition) is 4. The van der Waals surface area contributed by atoms with Crippen molar-refractivity contribution in [3.05, 3.63) is 24.3 Å². The molecule has 1 aromatic carbocycles. The zero-order chi connectivity index (χ0) is 14.4. The second-order valence-electron chi connectivity index (χ2n) is 4.49. The lowest BCUT2D eigenvalue weighted by molar-refractivity contribution is -0.154. The quantitative estimate of drug-likeness (QED) is 0.829. The van der Waals surface area contributed by atoms with Crippen LogP contribution in [0.25, 0.3) is 0 Å². The maximum atomic E-state index is 12.0. The maximum Gasteiger partial charge on any atom is 0.303 e. The van der Waals surface area contributed by atoms with Crippen LogP contribution in [0, 0.1) is 5.92 Å². The van der Waals surface area contributed by atoms with Crippen molar-refractivity contribution >= 4 is 17.6 Å². The van der Waals surface area contributed by atoms with Gasteiger partial charge in [0.2, 0.25) is 0 Å². The van der Waals surface area contributed by atoms with Crippen LogP contribution in [0.15, 0.2) is 24.3 Å². The van der Waals surface area contributed by atoms with E-state index in [1.54, 1.807) is 31.4 Å². The first-order valence-corrected chi connectivity index (χ1v) is 6.06. The zero-order valence-corrected chi connectivity index (χ0v) is 11.6. The van der Waals surface area contributed by atoms with Crippen molar-refractivity contribution in [3.63, 3.8) is 0 Å². The lowest BCUT2D eigenvalue weighted by atomic mass is 10.1. The summed E-state index contributed by atoms with van der Waals surface area (Å²) in [5.74, 6) is -0.195. The van der Waals surface area contributed by atoms with Gasteiger partial charge in [-0.25, -0.2) is 0 Å². The third-order valence-electron chi connectivity index (χ3n) is 2.51. The third kappa shape index (κ3) is 4.62. The van der Waals surface area contributed by atoms with Crippen molar-refractivity contribution < 1.29 is 19.1 Å². The number of carbonyl (C=O) groups is 2. The van der Waals surface area contributed by atoms with E-state index in [4.69, 9.17) is 9.47 Å². The van der Waals surface area contributed by atoms with E-state index in [1.807, 2.05) is 13.8 Å². The number of esters is 1. The van der Waals surface area contributed by atoms with Crippen LogP contribution in [-0.2, 0) is 14.3 Å². The van der Waals surface area contributed by atoms with Crippen LogP contribution in [-0.4, -0.2) is 25.1 Å². The van der Waals surface area contributed by atoms with Crippen LogP contribution in [0.4, 0.5) is 5.69 Å². The average Bonchev–Trinajstić information content (AvgIpc) is 2.36. The molecule has 0 spiro atoms. The van der Waals surface area contributed by atoms with Gasteiger partial charge in [0.05, 0.1) is 7.11 Å². The SMILES string of the molecule is COc1ccc(NC(=O)C(OC(C)=O)C(C)C)cc1. The Morgan fingerprint density at radius 1 is 1.16 bits per heavy atom. The molecule has 1 unspecified atom stereocenters. The van der Waals surface area contributed by atoms with Gasteiger partial charge in [-0.3, -0.25) is 9.59 Å². The highest BCUT2D eigenvalue weighted by Gasteiger charge is 2.25. The van der Waals surface area contributed by atoms with Gasteiger partial charge in [-0.05, 0) is 30.2 Å². The Kier molecular flexibility index (Phi) is 5.36. The van der Waals surface area contributed by atoms with Gasteiger partial charge >= 0.3 is 5.97 Å². The molecule has 1 amide bonds. The van der Waals surface area contributed by atoms with Gasteiger partial charge in [0.25, 0.3) is 5.91 Å². The molecule has 0 saturated heterocycles. The summed E-state index contributed by atoms with van der Waals surface area (Å²) in [6, 6.07) is 6.93. The Morgan fingerprint density at radius 3 is 2.16 bits per heavy atom. The molecular formula is C14H19NO4. The molecule has 0 radical (unpaired) electrons. The molecule has 0 fully saturated rings. The lowest BCUT2D eigenvalue weighted by Crippen LogP contribution is -2.36. The van der Waals surface area contributed by atoms with Crippen molar-refractivity contribution in [2.75, 3.05) is 12.4 Å². The summed E-state index contributed by atoms with van der Waals surface area (Å²) in [5.41, 5.74) is 0.628. The topological polar surface area (TPSA) is 64.6 Å². The maximum absolute atomic E-state index is 12.0. The fourth-order valence-electron chi connectivity index (χ4n) is 1.56. The van der Waals surface area contributed by atoms with Crippen molar-refractivity contribution in [2.45, 2.75) is 26.9 Å². The van der Waals surface area contributed by atoms with E-state index in [2.05, 4.69) is 5.32 Å². The first kappa shape index (κ1) is 15.0. The molecule has 0 aliphatic rings. The zero-order valence-electron chi connectivity index (χ0n) is 11.6. The molecule has 0 bridgehead atoms. The molecule has 0 aromatic heterocycles. The lowest BCUT2D eigenvalue weighted by Gasteiger charge is -2.19. The number of hydrogen-bond donors (Lipinski definition) is 1. The number of rotatable bonds is 5. The van der Waals surface area contributed by atoms with E-state index in [0.717, 1.165) is 0 Å². The van der Waals surface area contributed by atoms with Gasteiger partial charge < -0.3 is 14.8 Å².